The van der Waals surface area contributed by atoms with E-state index in [0.717, 1.165) is 5.56 Å². The number of nitrogens with one attached hydrogen (secondary N) is 1. The van der Waals surface area contributed by atoms with Gasteiger partial charge in [-0.15, -0.1) is 0 Å². The molecule has 1 atom stereocenters. The summed E-state index contributed by atoms with van der Waals surface area (Å²) in [6.45, 7) is 0.261. The Morgan fingerprint density at radius 3 is 2.62 bits per heavy atom. The van der Waals surface area contributed by atoms with Gasteiger partial charge >= 0.3 is 0 Å². The van der Waals surface area contributed by atoms with Crippen molar-refractivity contribution in [3.8, 4) is 22.6 Å². The molecule has 0 unspecified atom stereocenters. The molecule has 0 saturated carbocycles. The first-order valence-corrected chi connectivity index (χ1v) is 10.2. The molecule has 0 fully saturated rings. The van der Waals surface area contributed by atoms with Crippen molar-refractivity contribution >= 4 is 11.7 Å². The standard InChI is InChI=1S/C24H22FN3O4/c1-31-19-4-2-15(3-5-19)22(29)6-7-23(30)28-13-20-9-16-8-18(25)10-21(24(16)32-20)17-11-26-14-27-12-17/h2-5,8,10-12,14,20H,6-7,9,13H2,1H3,(H,28,30)/t20-/m1/s1. The number of Topliss-reactive ketones (excluding diaryl/α,β-unsaturated/α-hetero) is 1. The van der Waals surface area contributed by atoms with Gasteiger partial charge in [-0.25, -0.2) is 14.4 Å². The first kappa shape index (κ1) is 21.4. The number of nitrogens with zero attached hydrogens (tertiary/aromatic N) is 2. The van der Waals surface area contributed by atoms with E-state index in [1.807, 2.05) is 0 Å². The van der Waals surface area contributed by atoms with Crippen molar-refractivity contribution in [2.75, 3.05) is 13.7 Å². The maximum Gasteiger partial charge on any atom is 0.220 e. The lowest BCUT2D eigenvalue weighted by Gasteiger charge is -2.13. The molecule has 0 saturated heterocycles. The van der Waals surface area contributed by atoms with Gasteiger partial charge in [0.2, 0.25) is 5.91 Å². The monoisotopic (exact) mass is 435 g/mol. The molecule has 2 heterocycles. The number of carbonyl (C=O) groups excluding carboxylic acids is 2. The van der Waals surface area contributed by atoms with Crippen LogP contribution in [0.5, 0.6) is 11.5 Å². The van der Waals surface area contributed by atoms with Crippen molar-refractivity contribution in [3.63, 3.8) is 0 Å². The van der Waals surface area contributed by atoms with Crippen LogP contribution in [0.15, 0.2) is 55.1 Å². The van der Waals surface area contributed by atoms with Crippen molar-refractivity contribution in [3.05, 3.63) is 72.1 Å². The molecular formula is C24H22FN3O4. The van der Waals surface area contributed by atoms with Gasteiger partial charge in [0.1, 0.15) is 29.7 Å². The zero-order valence-electron chi connectivity index (χ0n) is 17.5. The van der Waals surface area contributed by atoms with Crippen LogP contribution >= 0.6 is 0 Å². The average molecular weight is 435 g/mol. The predicted molar refractivity (Wildman–Crippen MR) is 115 cm³/mol. The summed E-state index contributed by atoms with van der Waals surface area (Å²) in [5.41, 5.74) is 2.51. The van der Waals surface area contributed by atoms with E-state index in [4.69, 9.17) is 9.47 Å². The van der Waals surface area contributed by atoms with Crippen LogP contribution in [-0.2, 0) is 11.2 Å². The average Bonchev–Trinajstić information content (AvgIpc) is 3.24. The van der Waals surface area contributed by atoms with Gasteiger partial charge < -0.3 is 14.8 Å². The zero-order chi connectivity index (χ0) is 22.5. The SMILES string of the molecule is COc1ccc(C(=O)CCC(=O)NC[C@H]2Cc3cc(F)cc(-c4cncnc4)c3O2)cc1. The molecule has 0 spiro atoms. The van der Waals surface area contributed by atoms with E-state index in [-0.39, 0.29) is 43.0 Å². The molecule has 0 aliphatic carbocycles. The first-order chi connectivity index (χ1) is 15.5. The Labute approximate surface area is 184 Å². The van der Waals surface area contributed by atoms with Gasteiger partial charge in [0, 0.05) is 53.9 Å². The highest BCUT2D eigenvalue weighted by Crippen LogP contribution is 2.39. The number of benzene rings is 2. The predicted octanol–water partition coefficient (Wildman–Crippen LogP) is 3.37. The highest BCUT2D eigenvalue weighted by Gasteiger charge is 2.27. The molecule has 8 heteroatoms. The molecule has 1 aliphatic heterocycles. The Bertz CT molecular complexity index is 1120. The lowest BCUT2D eigenvalue weighted by atomic mass is 10.0. The Morgan fingerprint density at radius 2 is 1.91 bits per heavy atom. The molecule has 1 amide bonds. The Hall–Kier alpha value is -3.81. The van der Waals surface area contributed by atoms with E-state index in [1.165, 1.54) is 18.5 Å². The maximum absolute atomic E-state index is 14.1. The number of ether oxygens (including phenoxy) is 2. The summed E-state index contributed by atoms with van der Waals surface area (Å²) in [5, 5.41) is 2.80. The lowest BCUT2D eigenvalue weighted by Crippen LogP contribution is -2.34. The minimum absolute atomic E-state index is 0.0752. The third-order valence-corrected chi connectivity index (χ3v) is 5.25. The number of fused-ring (bicyclic) bond motifs is 1. The van der Waals surface area contributed by atoms with E-state index < -0.39 is 0 Å². The van der Waals surface area contributed by atoms with E-state index >= 15 is 0 Å². The molecule has 3 aromatic rings. The van der Waals surface area contributed by atoms with Gasteiger partial charge in [-0.05, 0) is 36.4 Å². The maximum atomic E-state index is 14.1. The van der Waals surface area contributed by atoms with Crippen LogP contribution in [0.25, 0.3) is 11.1 Å². The van der Waals surface area contributed by atoms with Gasteiger partial charge in [0.25, 0.3) is 0 Å². The number of amides is 1. The van der Waals surface area contributed by atoms with E-state index in [1.54, 1.807) is 43.8 Å². The molecule has 32 heavy (non-hydrogen) atoms. The van der Waals surface area contributed by atoms with Gasteiger partial charge in [-0.3, -0.25) is 9.59 Å². The van der Waals surface area contributed by atoms with Crippen LogP contribution in [0.3, 0.4) is 0 Å². The number of carbonyl (C=O) groups is 2. The van der Waals surface area contributed by atoms with Gasteiger partial charge in [0.05, 0.1) is 13.7 Å². The van der Waals surface area contributed by atoms with Crippen molar-refractivity contribution in [1.29, 1.82) is 0 Å². The Morgan fingerprint density at radius 1 is 1.16 bits per heavy atom. The van der Waals surface area contributed by atoms with Crippen LogP contribution in [0.1, 0.15) is 28.8 Å². The summed E-state index contributed by atoms with van der Waals surface area (Å²) in [6, 6.07) is 9.61. The summed E-state index contributed by atoms with van der Waals surface area (Å²) < 4.78 is 25.2. The zero-order valence-corrected chi connectivity index (χ0v) is 17.5. The number of ketones is 1. The molecule has 0 radical (unpaired) electrons. The Balaban J connectivity index is 1.30. The van der Waals surface area contributed by atoms with Crippen LogP contribution in [0.4, 0.5) is 4.39 Å². The minimum Gasteiger partial charge on any atom is -0.497 e. The number of rotatable bonds is 8. The fraction of sp³-hybridized carbons (Fsp3) is 0.250. The van der Waals surface area contributed by atoms with Crippen molar-refractivity contribution in [2.24, 2.45) is 0 Å². The number of hydrogen-bond acceptors (Lipinski definition) is 6. The topological polar surface area (TPSA) is 90.4 Å². The number of methoxy groups -OCH3 is 1. The van der Waals surface area contributed by atoms with Crippen LogP contribution in [0, 0.1) is 5.82 Å². The van der Waals surface area contributed by atoms with Crippen molar-refractivity contribution < 1.29 is 23.5 Å². The van der Waals surface area contributed by atoms with Crippen LogP contribution in [-0.4, -0.2) is 41.4 Å². The second-order valence-electron chi connectivity index (χ2n) is 7.47. The molecular weight excluding hydrogens is 413 g/mol. The fourth-order valence-electron chi connectivity index (χ4n) is 3.63. The molecule has 1 aromatic heterocycles. The molecule has 2 aromatic carbocycles. The molecule has 4 rings (SSSR count). The third kappa shape index (κ3) is 4.91. The summed E-state index contributed by atoms with van der Waals surface area (Å²) in [7, 11) is 1.56. The molecule has 164 valence electrons. The minimum atomic E-state index is -0.368. The largest absolute Gasteiger partial charge is 0.497 e. The van der Waals surface area contributed by atoms with E-state index in [0.29, 0.717) is 34.6 Å². The molecule has 1 N–H and O–H groups in total. The second kappa shape index (κ2) is 9.55. The summed E-state index contributed by atoms with van der Waals surface area (Å²) >= 11 is 0. The summed E-state index contributed by atoms with van der Waals surface area (Å²) in [6.07, 6.45) is 4.93. The quantitative estimate of drug-likeness (QED) is 0.546. The molecule has 0 bridgehead atoms. The van der Waals surface area contributed by atoms with Gasteiger partial charge in [0.15, 0.2) is 5.78 Å². The number of aromatic nitrogens is 2. The second-order valence-corrected chi connectivity index (χ2v) is 7.47. The van der Waals surface area contributed by atoms with Crippen molar-refractivity contribution in [2.45, 2.75) is 25.4 Å². The summed E-state index contributed by atoms with van der Waals surface area (Å²) in [5.74, 6) is 0.523. The van der Waals surface area contributed by atoms with Crippen LogP contribution < -0.4 is 14.8 Å². The molecule has 1 aliphatic rings. The lowest BCUT2D eigenvalue weighted by molar-refractivity contribution is -0.121. The highest BCUT2D eigenvalue weighted by atomic mass is 19.1. The summed E-state index contributed by atoms with van der Waals surface area (Å²) in [4.78, 5) is 32.5. The third-order valence-electron chi connectivity index (χ3n) is 5.25. The number of halogens is 1. The normalized spacial score (nSPS) is 14.4. The fourth-order valence-corrected chi connectivity index (χ4v) is 3.63. The van der Waals surface area contributed by atoms with E-state index in [2.05, 4.69) is 15.3 Å². The van der Waals surface area contributed by atoms with Crippen LogP contribution in [0.2, 0.25) is 0 Å². The Kier molecular flexibility index (Phi) is 6.39. The first-order valence-electron chi connectivity index (χ1n) is 10.2. The van der Waals surface area contributed by atoms with Gasteiger partial charge in [-0.1, -0.05) is 0 Å². The van der Waals surface area contributed by atoms with E-state index in [9.17, 15) is 14.0 Å². The van der Waals surface area contributed by atoms with Gasteiger partial charge in [-0.2, -0.15) is 0 Å². The number of hydrogen-bond donors (Lipinski definition) is 1. The smallest absolute Gasteiger partial charge is 0.220 e. The molecule has 7 nitrogen and oxygen atoms in total. The highest BCUT2D eigenvalue weighted by molar-refractivity contribution is 5.98. The van der Waals surface area contributed by atoms with Crippen molar-refractivity contribution in [1.82, 2.24) is 15.3 Å².